The second-order valence-electron chi connectivity index (χ2n) is 6.97. The van der Waals surface area contributed by atoms with Crippen molar-refractivity contribution in [1.82, 2.24) is 14.8 Å². The maximum Gasteiger partial charge on any atom is 0.249 e. The maximum atomic E-state index is 13.7. The number of para-hydroxylation sites is 1. The molecule has 1 aliphatic rings. The van der Waals surface area contributed by atoms with Crippen LogP contribution in [0.5, 0.6) is 0 Å². The van der Waals surface area contributed by atoms with E-state index in [-0.39, 0.29) is 18.1 Å². The predicted molar refractivity (Wildman–Crippen MR) is 98.8 cm³/mol. The summed E-state index contributed by atoms with van der Waals surface area (Å²) in [5.41, 5.74) is 2.76. The summed E-state index contributed by atoms with van der Waals surface area (Å²) in [7, 11) is 0. The average Bonchev–Trinajstić information content (AvgIpc) is 3.16. The van der Waals surface area contributed by atoms with Gasteiger partial charge in [-0.05, 0) is 44.9 Å². The van der Waals surface area contributed by atoms with Crippen molar-refractivity contribution < 1.29 is 13.6 Å². The van der Waals surface area contributed by atoms with E-state index in [4.69, 9.17) is 4.42 Å². The average molecular weight is 368 g/mol. The van der Waals surface area contributed by atoms with Crippen LogP contribution in [0.2, 0.25) is 0 Å². The molecule has 1 fully saturated rings. The molecule has 7 heteroatoms. The van der Waals surface area contributed by atoms with Crippen LogP contribution in [0, 0.1) is 19.7 Å². The Hall–Kier alpha value is -2.96. The monoisotopic (exact) mass is 368 g/mol. The van der Waals surface area contributed by atoms with Crippen molar-refractivity contribution in [3.63, 3.8) is 0 Å². The van der Waals surface area contributed by atoms with Crippen LogP contribution in [0.4, 0.5) is 10.1 Å². The molecule has 1 aromatic carbocycles. The topological polar surface area (TPSA) is 73.0 Å². The number of amides is 1. The van der Waals surface area contributed by atoms with E-state index >= 15 is 0 Å². The number of nitrogens with zero attached hydrogens (tertiary/aromatic N) is 3. The van der Waals surface area contributed by atoms with Gasteiger partial charge in [-0.15, -0.1) is 10.2 Å². The van der Waals surface area contributed by atoms with Crippen LogP contribution >= 0.6 is 0 Å². The third-order valence-corrected chi connectivity index (χ3v) is 5.15. The summed E-state index contributed by atoms with van der Waals surface area (Å²) >= 11 is 0. The maximum absolute atomic E-state index is 13.7. The number of anilines is 1. The van der Waals surface area contributed by atoms with E-state index in [0.29, 0.717) is 17.7 Å². The summed E-state index contributed by atoms with van der Waals surface area (Å²) in [5, 5.41) is 11.0. The van der Waals surface area contributed by atoms with Crippen molar-refractivity contribution in [3.05, 3.63) is 53.4 Å². The summed E-state index contributed by atoms with van der Waals surface area (Å²) in [5.74, 6) is 0.793. The molecular formula is C20H21FN4O2. The summed E-state index contributed by atoms with van der Waals surface area (Å²) in [6.07, 6.45) is 3.39. The highest BCUT2D eigenvalue weighted by Gasteiger charge is 2.26. The Bertz CT molecular complexity index is 988. The van der Waals surface area contributed by atoms with Crippen LogP contribution in [0.15, 0.2) is 34.7 Å². The van der Waals surface area contributed by atoms with Gasteiger partial charge in [-0.2, -0.15) is 0 Å². The van der Waals surface area contributed by atoms with Crippen LogP contribution in [-0.2, 0) is 11.3 Å². The predicted octanol–water partition coefficient (Wildman–Crippen LogP) is 4.20. The minimum atomic E-state index is -0.457. The first-order valence-electron chi connectivity index (χ1n) is 9.08. The molecule has 6 nitrogen and oxygen atoms in total. The lowest BCUT2D eigenvalue weighted by atomic mass is 9.85. The van der Waals surface area contributed by atoms with Gasteiger partial charge in [0.2, 0.25) is 17.7 Å². The molecule has 140 valence electrons. The van der Waals surface area contributed by atoms with Crippen LogP contribution in [0.3, 0.4) is 0 Å². The number of rotatable bonds is 5. The van der Waals surface area contributed by atoms with Crippen molar-refractivity contribution in [3.8, 4) is 11.5 Å². The number of halogens is 1. The fraction of sp³-hybridized carbons (Fsp3) is 0.350. The summed E-state index contributed by atoms with van der Waals surface area (Å²) < 4.78 is 21.4. The van der Waals surface area contributed by atoms with Gasteiger partial charge in [0.25, 0.3) is 0 Å². The highest BCUT2D eigenvalue weighted by molar-refractivity contribution is 5.90. The van der Waals surface area contributed by atoms with Gasteiger partial charge in [0, 0.05) is 17.3 Å². The Morgan fingerprint density at radius 2 is 2.07 bits per heavy atom. The van der Waals surface area contributed by atoms with Gasteiger partial charge >= 0.3 is 0 Å². The van der Waals surface area contributed by atoms with E-state index in [9.17, 15) is 9.18 Å². The highest BCUT2D eigenvalue weighted by Crippen LogP contribution is 2.37. The molecule has 4 rings (SSSR count). The molecule has 2 heterocycles. The number of carbonyl (C=O) groups excluding carboxylic acids is 1. The van der Waals surface area contributed by atoms with E-state index in [0.717, 1.165) is 29.8 Å². The van der Waals surface area contributed by atoms with Gasteiger partial charge in [-0.25, -0.2) is 4.39 Å². The van der Waals surface area contributed by atoms with E-state index in [2.05, 4.69) is 15.5 Å². The number of hydrogen-bond acceptors (Lipinski definition) is 4. The van der Waals surface area contributed by atoms with E-state index < -0.39 is 5.82 Å². The molecule has 0 spiro atoms. The SMILES string of the molecule is Cc1cc(-c2nnc(C3CCC3)o2)c(C)n1CC(=O)Nc1ccccc1F. The second-order valence-corrected chi connectivity index (χ2v) is 6.97. The van der Waals surface area contributed by atoms with Crippen molar-refractivity contribution in [2.45, 2.75) is 45.6 Å². The summed E-state index contributed by atoms with van der Waals surface area (Å²) in [6.45, 7) is 3.90. The van der Waals surface area contributed by atoms with Gasteiger partial charge in [-0.1, -0.05) is 18.6 Å². The molecule has 0 bridgehead atoms. The normalized spacial score (nSPS) is 14.2. The lowest BCUT2D eigenvalue weighted by Gasteiger charge is -2.20. The van der Waals surface area contributed by atoms with Gasteiger partial charge in [0.05, 0.1) is 11.3 Å². The standard InChI is InChI=1S/C20H21FN4O2/c1-12-10-15(20-24-23-19(27-20)14-6-5-7-14)13(2)25(12)11-18(26)22-17-9-4-3-8-16(17)21/h3-4,8-10,14H,5-7,11H2,1-2H3,(H,22,26). The van der Waals surface area contributed by atoms with Crippen LogP contribution in [0.1, 0.15) is 42.5 Å². The number of nitrogens with one attached hydrogen (secondary N) is 1. The molecule has 3 aromatic rings. The molecule has 1 N–H and O–H groups in total. The Morgan fingerprint density at radius 3 is 2.78 bits per heavy atom. The summed E-state index contributed by atoms with van der Waals surface area (Å²) in [4.78, 5) is 12.4. The van der Waals surface area contributed by atoms with Gasteiger partial charge < -0.3 is 14.3 Å². The van der Waals surface area contributed by atoms with Crippen LogP contribution < -0.4 is 5.32 Å². The quantitative estimate of drug-likeness (QED) is 0.732. The second kappa shape index (κ2) is 6.98. The zero-order chi connectivity index (χ0) is 19.0. The van der Waals surface area contributed by atoms with Crippen molar-refractivity contribution >= 4 is 11.6 Å². The first-order valence-corrected chi connectivity index (χ1v) is 9.08. The number of aryl methyl sites for hydroxylation is 1. The van der Waals surface area contributed by atoms with Crippen molar-refractivity contribution in [1.29, 1.82) is 0 Å². The highest BCUT2D eigenvalue weighted by atomic mass is 19.1. The first kappa shape index (κ1) is 17.5. The van der Waals surface area contributed by atoms with Crippen molar-refractivity contribution in [2.24, 2.45) is 0 Å². The van der Waals surface area contributed by atoms with E-state index in [1.54, 1.807) is 12.1 Å². The largest absolute Gasteiger partial charge is 0.420 e. The number of hydrogen-bond donors (Lipinski definition) is 1. The third-order valence-electron chi connectivity index (χ3n) is 5.15. The molecule has 1 saturated carbocycles. The van der Waals surface area contributed by atoms with Crippen LogP contribution in [0.25, 0.3) is 11.5 Å². The molecule has 0 atom stereocenters. The number of benzene rings is 1. The molecule has 0 aliphatic heterocycles. The Balaban J connectivity index is 1.53. The Kier molecular flexibility index (Phi) is 4.51. The molecule has 0 radical (unpaired) electrons. The van der Waals surface area contributed by atoms with Crippen molar-refractivity contribution in [2.75, 3.05) is 5.32 Å². The molecule has 1 aliphatic carbocycles. The number of carbonyl (C=O) groups is 1. The lowest BCUT2D eigenvalue weighted by Crippen LogP contribution is -2.20. The molecule has 2 aromatic heterocycles. The molecular weight excluding hydrogens is 347 g/mol. The fourth-order valence-corrected chi connectivity index (χ4v) is 3.32. The molecule has 0 saturated heterocycles. The zero-order valence-electron chi connectivity index (χ0n) is 15.3. The third kappa shape index (κ3) is 3.37. The van der Waals surface area contributed by atoms with Gasteiger partial charge in [-0.3, -0.25) is 4.79 Å². The molecule has 0 unspecified atom stereocenters. The van der Waals surface area contributed by atoms with Gasteiger partial charge in [0.15, 0.2) is 0 Å². The summed E-state index contributed by atoms with van der Waals surface area (Å²) in [6, 6.07) is 8.05. The number of aromatic nitrogens is 3. The van der Waals surface area contributed by atoms with Gasteiger partial charge in [0.1, 0.15) is 12.4 Å². The Morgan fingerprint density at radius 1 is 1.30 bits per heavy atom. The molecule has 27 heavy (non-hydrogen) atoms. The fourth-order valence-electron chi connectivity index (χ4n) is 3.32. The Labute approximate surface area is 156 Å². The first-order chi connectivity index (χ1) is 13.0. The van der Waals surface area contributed by atoms with Crippen LogP contribution in [-0.4, -0.2) is 20.7 Å². The zero-order valence-corrected chi connectivity index (χ0v) is 15.3. The smallest absolute Gasteiger partial charge is 0.249 e. The minimum Gasteiger partial charge on any atom is -0.420 e. The minimum absolute atomic E-state index is 0.0790. The van der Waals surface area contributed by atoms with E-state index in [1.807, 2.05) is 24.5 Å². The van der Waals surface area contributed by atoms with E-state index in [1.165, 1.54) is 18.6 Å². The lowest BCUT2D eigenvalue weighted by molar-refractivity contribution is -0.116. The molecule has 1 amide bonds.